The Labute approximate surface area is 230 Å². The van der Waals surface area contributed by atoms with Crippen molar-refractivity contribution >= 4 is 17.7 Å². The van der Waals surface area contributed by atoms with Crippen molar-refractivity contribution in [2.24, 2.45) is 28.1 Å². The van der Waals surface area contributed by atoms with Crippen LogP contribution >= 0.6 is 0 Å². The SMILES string of the molecule is COC(=O)CC1C2(C)CC34OC5(C)OC67C(CC(=O)OC6C3(O)C2O)C(C)(C(=O)c2ccoc2)CCC7(O5)C14C. The van der Waals surface area contributed by atoms with Crippen LogP contribution < -0.4 is 0 Å². The molecule has 3 aliphatic heterocycles. The van der Waals surface area contributed by atoms with Crippen LogP contribution in [0.4, 0.5) is 0 Å². The molecule has 1 aromatic heterocycles. The summed E-state index contributed by atoms with van der Waals surface area (Å²) < 4.78 is 36.8. The summed E-state index contributed by atoms with van der Waals surface area (Å²) in [6.07, 6.45) is 0.646. The van der Waals surface area contributed by atoms with E-state index in [-0.39, 0.29) is 25.0 Å². The van der Waals surface area contributed by atoms with Gasteiger partial charge in [0.15, 0.2) is 17.5 Å². The van der Waals surface area contributed by atoms with Gasteiger partial charge in [-0.05, 0) is 31.2 Å². The minimum Gasteiger partial charge on any atom is -0.472 e. The number of aliphatic hydroxyl groups excluding tert-OH is 1. The Balaban J connectivity index is 1.43. The number of ketones is 1. The molecule has 0 amide bonds. The number of hydrogen-bond acceptors (Lipinski definition) is 11. The standard InChI is InChI=1S/C29H34O11/c1-22(19(32)14-6-9-36-12-14)7-8-26-24(3)15(10-17(30)35-5)23(2)13-27(24)28(34,20(23)33)21-29(26,16(22)11-18(31)37-21)40-25(4,38-26)39-27/h6,9,12,15-16,20-21,33-34H,7-8,10-11,13H2,1-5H3. The molecule has 2 N–H and O–H groups in total. The van der Waals surface area contributed by atoms with E-state index in [4.69, 9.17) is 28.1 Å². The molecule has 3 saturated heterocycles. The zero-order chi connectivity index (χ0) is 28.5. The lowest BCUT2D eigenvalue weighted by molar-refractivity contribution is -0.478. The highest BCUT2D eigenvalue weighted by Gasteiger charge is 3.03. The van der Waals surface area contributed by atoms with E-state index in [1.165, 1.54) is 19.6 Å². The molecule has 216 valence electrons. The van der Waals surface area contributed by atoms with Gasteiger partial charge in [0.25, 0.3) is 5.97 Å². The predicted octanol–water partition coefficient (Wildman–Crippen LogP) is 1.88. The van der Waals surface area contributed by atoms with Gasteiger partial charge in [0, 0.05) is 35.5 Å². The van der Waals surface area contributed by atoms with Gasteiger partial charge < -0.3 is 38.3 Å². The Morgan fingerprint density at radius 2 is 1.82 bits per heavy atom. The van der Waals surface area contributed by atoms with Crippen LogP contribution in [0.1, 0.15) is 70.2 Å². The first-order valence-electron chi connectivity index (χ1n) is 14.0. The Morgan fingerprint density at radius 1 is 1.10 bits per heavy atom. The molecule has 8 rings (SSSR count). The molecule has 4 heterocycles. The molecule has 12 atom stereocenters. The molecule has 4 bridgehead atoms. The van der Waals surface area contributed by atoms with E-state index >= 15 is 0 Å². The predicted molar refractivity (Wildman–Crippen MR) is 130 cm³/mol. The monoisotopic (exact) mass is 558 g/mol. The fraction of sp³-hybridized carbons (Fsp3) is 0.759. The Hall–Kier alpha value is -2.31. The summed E-state index contributed by atoms with van der Waals surface area (Å²) in [7, 11) is 1.32. The largest absolute Gasteiger partial charge is 0.472 e. The van der Waals surface area contributed by atoms with E-state index in [2.05, 4.69) is 0 Å². The maximum Gasteiger partial charge on any atom is 0.306 e. The smallest absolute Gasteiger partial charge is 0.306 e. The molecule has 1 aromatic rings. The highest BCUT2D eigenvalue weighted by atomic mass is 16.9. The maximum absolute atomic E-state index is 14.1. The molecule has 7 fully saturated rings. The van der Waals surface area contributed by atoms with Gasteiger partial charge in [0.1, 0.15) is 23.1 Å². The number of rotatable bonds is 4. The lowest BCUT2D eigenvalue weighted by atomic mass is 9.33. The number of Topliss-reactive ketones (excluding diaryl/α,β-unsaturated/α-hetero) is 1. The number of esters is 2. The molecule has 11 heteroatoms. The van der Waals surface area contributed by atoms with Crippen molar-refractivity contribution in [1.82, 2.24) is 0 Å². The van der Waals surface area contributed by atoms with Crippen molar-refractivity contribution in [3.8, 4) is 0 Å². The number of aliphatic hydroxyl groups is 2. The van der Waals surface area contributed by atoms with Crippen LogP contribution in [-0.2, 0) is 33.3 Å². The second kappa shape index (κ2) is 6.67. The summed E-state index contributed by atoms with van der Waals surface area (Å²) in [5.41, 5.74) is -9.22. The van der Waals surface area contributed by atoms with Crippen LogP contribution in [0.25, 0.3) is 0 Å². The number of hydrogen-bond donors (Lipinski definition) is 2. The summed E-state index contributed by atoms with van der Waals surface area (Å²) in [6, 6.07) is 1.59. The number of furan rings is 1. The van der Waals surface area contributed by atoms with E-state index in [1.807, 2.05) is 20.8 Å². The van der Waals surface area contributed by atoms with Crippen LogP contribution in [0.3, 0.4) is 0 Å². The number of fused-ring (bicyclic) bond motifs is 3. The zero-order valence-electron chi connectivity index (χ0n) is 23.1. The molecule has 4 aliphatic carbocycles. The van der Waals surface area contributed by atoms with Crippen molar-refractivity contribution in [2.45, 2.75) is 100 Å². The first-order valence-corrected chi connectivity index (χ1v) is 14.0. The number of methoxy groups -OCH3 is 1. The topological polar surface area (TPSA) is 151 Å². The van der Waals surface area contributed by atoms with Gasteiger partial charge >= 0.3 is 11.9 Å². The third-order valence-electron chi connectivity index (χ3n) is 12.8. The number of carbonyl (C=O) groups is 3. The summed E-state index contributed by atoms with van der Waals surface area (Å²) in [5, 5.41) is 25.0. The van der Waals surface area contributed by atoms with Crippen molar-refractivity contribution in [2.75, 3.05) is 7.11 Å². The van der Waals surface area contributed by atoms with E-state index in [0.717, 1.165) is 0 Å². The van der Waals surface area contributed by atoms with Crippen LogP contribution in [0.15, 0.2) is 23.0 Å². The number of ether oxygens (including phenoxy) is 5. The second-order valence-electron chi connectivity index (χ2n) is 13.9. The normalized spacial score (nSPS) is 58.0. The van der Waals surface area contributed by atoms with Gasteiger partial charge in [-0.1, -0.05) is 20.8 Å². The van der Waals surface area contributed by atoms with E-state index < -0.39 is 80.6 Å². The first kappa shape index (κ1) is 25.4. The fourth-order valence-electron chi connectivity index (χ4n) is 11.5. The molecule has 12 unspecified atom stereocenters. The molecule has 11 nitrogen and oxygen atoms in total. The van der Waals surface area contributed by atoms with E-state index in [0.29, 0.717) is 18.4 Å². The zero-order valence-corrected chi connectivity index (χ0v) is 23.1. The summed E-state index contributed by atoms with van der Waals surface area (Å²) in [4.78, 5) is 40.4. The quantitative estimate of drug-likeness (QED) is 0.412. The summed E-state index contributed by atoms with van der Waals surface area (Å²) in [6.45, 7) is 7.24. The van der Waals surface area contributed by atoms with Crippen LogP contribution in [0.2, 0.25) is 0 Å². The van der Waals surface area contributed by atoms with E-state index in [1.54, 1.807) is 13.0 Å². The molecule has 7 aliphatic rings. The van der Waals surface area contributed by atoms with Crippen molar-refractivity contribution in [3.63, 3.8) is 0 Å². The lowest BCUT2D eigenvalue weighted by Gasteiger charge is -2.77. The molecule has 0 radical (unpaired) electrons. The van der Waals surface area contributed by atoms with Crippen molar-refractivity contribution in [1.29, 1.82) is 0 Å². The van der Waals surface area contributed by atoms with Gasteiger partial charge in [-0.15, -0.1) is 0 Å². The third kappa shape index (κ3) is 2.08. The molecule has 4 saturated carbocycles. The van der Waals surface area contributed by atoms with Gasteiger partial charge in [-0.25, -0.2) is 0 Å². The van der Waals surface area contributed by atoms with E-state index in [9.17, 15) is 24.6 Å². The average molecular weight is 559 g/mol. The Bertz CT molecular complexity index is 1390. The number of carbonyl (C=O) groups excluding carboxylic acids is 3. The minimum absolute atomic E-state index is 0.0417. The van der Waals surface area contributed by atoms with Crippen molar-refractivity contribution in [3.05, 3.63) is 24.2 Å². The second-order valence-corrected chi connectivity index (χ2v) is 13.9. The third-order valence-corrected chi connectivity index (χ3v) is 12.8. The maximum atomic E-state index is 14.1. The van der Waals surface area contributed by atoms with Gasteiger partial charge in [-0.3, -0.25) is 14.4 Å². The van der Waals surface area contributed by atoms with Gasteiger partial charge in [0.05, 0.1) is 31.5 Å². The van der Waals surface area contributed by atoms with Gasteiger partial charge in [0.2, 0.25) is 0 Å². The van der Waals surface area contributed by atoms with Crippen molar-refractivity contribution < 1.29 is 52.7 Å². The first-order chi connectivity index (χ1) is 18.7. The van der Waals surface area contributed by atoms with Crippen LogP contribution in [0.5, 0.6) is 0 Å². The highest BCUT2D eigenvalue weighted by molar-refractivity contribution is 6.01. The molecule has 3 spiro atoms. The lowest BCUT2D eigenvalue weighted by Crippen LogP contribution is -2.94. The highest BCUT2D eigenvalue weighted by Crippen LogP contribution is 2.89. The minimum atomic E-state index is -2.10. The molecule has 40 heavy (non-hydrogen) atoms. The fourth-order valence-corrected chi connectivity index (χ4v) is 11.5. The molecular formula is C29H34O11. The molecule has 0 aromatic carbocycles. The Kier molecular flexibility index (Phi) is 4.24. The average Bonchev–Trinajstić information content (AvgIpc) is 3.59. The Morgan fingerprint density at radius 3 is 2.50 bits per heavy atom. The summed E-state index contributed by atoms with van der Waals surface area (Å²) >= 11 is 0. The molecular weight excluding hydrogens is 524 g/mol. The van der Waals surface area contributed by atoms with Crippen LogP contribution in [0, 0.1) is 28.1 Å². The summed E-state index contributed by atoms with van der Waals surface area (Å²) in [5.74, 6) is -4.27. The van der Waals surface area contributed by atoms with Crippen LogP contribution in [-0.4, -0.2) is 75.6 Å². The van der Waals surface area contributed by atoms with Gasteiger partial charge in [-0.2, -0.15) is 0 Å².